The lowest BCUT2D eigenvalue weighted by molar-refractivity contribution is -0.166. The van der Waals surface area contributed by atoms with Gasteiger partial charge in [-0.25, -0.2) is 0 Å². The van der Waals surface area contributed by atoms with Gasteiger partial charge in [0, 0.05) is 0 Å². The van der Waals surface area contributed by atoms with E-state index in [9.17, 15) is 9.59 Å². The monoisotopic (exact) mass is 338 g/mol. The molecule has 24 heavy (non-hydrogen) atoms. The highest BCUT2D eigenvalue weighted by molar-refractivity contribution is 6.05. The molecule has 0 saturated carbocycles. The van der Waals surface area contributed by atoms with Gasteiger partial charge in [0.05, 0.1) is 19.5 Å². The number of hydrogen-bond acceptors (Lipinski definition) is 5. The van der Waals surface area contributed by atoms with Gasteiger partial charge in [0.1, 0.15) is 5.76 Å². The summed E-state index contributed by atoms with van der Waals surface area (Å²) in [6, 6.07) is 3.31. The molecule has 0 aliphatic carbocycles. The minimum absolute atomic E-state index is 0.206. The number of carbonyl (C=O) groups excluding carboxylic acids is 2. The van der Waals surface area contributed by atoms with E-state index in [2.05, 4.69) is 6.92 Å². The fraction of sp³-hybridized carbons (Fsp3) is 0.684. The van der Waals surface area contributed by atoms with Gasteiger partial charge in [0.25, 0.3) is 0 Å². The number of furan rings is 1. The first-order chi connectivity index (χ1) is 11.6. The molecule has 0 aromatic carbocycles. The van der Waals surface area contributed by atoms with Crippen LogP contribution in [0.4, 0.5) is 0 Å². The third kappa shape index (κ3) is 5.11. The minimum Gasteiger partial charge on any atom is -0.468 e. The van der Waals surface area contributed by atoms with Crippen LogP contribution in [0, 0.1) is 0 Å². The van der Waals surface area contributed by atoms with Crippen LogP contribution in [-0.4, -0.2) is 25.2 Å². The lowest BCUT2D eigenvalue weighted by atomic mass is 9.79. The van der Waals surface area contributed by atoms with Gasteiger partial charge in [-0.2, -0.15) is 0 Å². The van der Waals surface area contributed by atoms with Crippen molar-refractivity contribution in [3.05, 3.63) is 24.2 Å². The molecule has 0 unspecified atom stereocenters. The minimum atomic E-state index is -1.50. The van der Waals surface area contributed by atoms with E-state index in [0.717, 1.165) is 19.3 Å². The number of esters is 2. The molecular weight excluding hydrogens is 308 g/mol. The molecule has 1 aromatic heterocycles. The summed E-state index contributed by atoms with van der Waals surface area (Å²) in [4.78, 5) is 25.3. The number of carbonyl (C=O) groups is 2. The molecule has 5 nitrogen and oxygen atoms in total. The largest absolute Gasteiger partial charge is 0.468 e. The molecule has 0 amide bonds. The molecular formula is C19H30O5. The van der Waals surface area contributed by atoms with Gasteiger partial charge in [-0.1, -0.05) is 45.4 Å². The number of rotatable bonds is 12. The Morgan fingerprint density at radius 2 is 1.54 bits per heavy atom. The zero-order chi connectivity index (χ0) is 17.8. The maximum atomic E-state index is 12.7. The fourth-order valence-corrected chi connectivity index (χ4v) is 2.81. The Kier molecular flexibility index (Phi) is 9.20. The summed E-state index contributed by atoms with van der Waals surface area (Å²) in [5.41, 5.74) is -1.50. The Morgan fingerprint density at radius 1 is 0.958 bits per heavy atom. The molecule has 0 N–H and O–H groups in total. The van der Waals surface area contributed by atoms with Gasteiger partial charge in [-0.15, -0.1) is 0 Å². The molecule has 0 spiro atoms. The summed E-state index contributed by atoms with van der Waals surface area (Å²) in [6.07, 6.45) is 8.15. The van der Waals surface area contributed by atoms with E-state index in [0.29, 0.717) is 12.2 Å². The van der Waals surface area contributed by atoms with Crippen LogP contribution in [0.2, 0.25) is 0 Å². The normalized spacial score (nSPS) is 11.3. The van der Waals surface area contributed by atoms with E-state index >= 15 is 0 Å². The average Bonchev–Trinajstić information content (AvgIpc) is 3.09. The van der Waals surface area contributed by atoms with Crippen molar-refractivity contribution < 1.29 is 23.5 Å². The quantitative estimate of drug-likeness (QED) is 0.321. The van der Waals surface area contributed by atoms with Gasteiger partial charge in [-0.3, -0.25) is 9.59 Å². The lowest BCUT2D eigenvalue weighted by Crippen LogP contribution is -2.46. The second-order valence-electron chi connectivity index (χ2n) is 5.84. The van der Waals surface area contributed by atoms with Gasteiger partial charge in [-0.05, 0) is 32.4 Å². The van der Waals surface area contributed by atoms with Crippen molar-refractivity contribution in [3.63, 3.8) is 0 Å². The molecule has 0 bridgehead atoms. The Morgan fingerprint density at radius 3 is 2.04 bits per heavy atom. The summed E-state index contributed by atoms with van der Waals surface area (Å²) >= 11 is 0. The van der Waals surface area contributed by atoms with Crippen LogP contribution in [0.15, 0.2) is 22.8 Å². The van der Waals surface area contributed by atoms with E-state index in [1.165, 1.54) is 25.5 Å². The van der Waals surface area contributed by atoms with Gasteiger partial charge in [0.15, 0.2) is 0 Å². The molecule has 0 saturated heterocycles. The maximum Gasteiger partial charge on any atom is 0.331 e. The topological polar surface area (TPSA) is 65.7 Å². The smallest absolute Gasteiger partial charge is 0.331 e. The fourth-order valence-electron chi connectivity index (χ4n) is 2.81. The molecule has 0 fully saturated rings. The molecule has 1 aromatic rings. The maximum absolute atomic E-state index is 12.7. The number of hydrogen-bond donors (Lipinski definition) is 0. The van der Waals surface area contributed by atoms with Gasteiger partial charge in [0.2, 0.25) is 5.41 Å². The summed E-state index contributed by atoms with van der Waals surface area (Å²) < 4.78 is 15.8. The van der Waals surface area contributed by atoms with Crippen LogP contribution in [0.25, 0.3) is 0 Å². The molecule has 1 heterocycles. The van der Waals surface area contributed by atoms with Crippen molar-refractivity contribution >= 4 is 11.9 Å². The Labute approximate surface area is 144 Å². The summed E-state index contributed by atoms with van der Waals surface area (Å²) in [5, 5.41) is 0. The highest BCUT2D eigenvalue weighted by Gasteiger charge is 2.52. The number of ether oxygens (including phenoxy) is 2. The van der Waals surface area contributed by atoms with Crippen molar-refractivity contribution in [2.45, 2.75) is 71.1 Å². The van der Waals surface area contributed by atoms with Gasteiger partial charge < -0.3 is 13.9 Å². The second kappa shape index (κ2) is 10.9. The van der Waals surface area contributed by atoms with E-state index in [-0.39, 0.29) is 13.2 Å². The lowest BCUT2D eigenvalue weighted by Gasteiger charge is -2.27. The van der Waals surface area contributed by atoms with Crippen LogP contribution < -0.4 is 0 Å². The molecule has 0 aliphatic rings. The zero-order valence-corrected chi connectivity index (χ0v) is 15.1. The molecule has 1 rings (SSSR count). The Balaban J connectivity index is 2.94. The average molecular weight is 338 g/mol. The van der Waals surface area contributed by atoms with Crippen LogP contribution in [-0.2, 0) is 24.5 Å². The molecule has 0 radical (unpaired) electrons. The first-order valence-electron chi connectivity index (χ1n) is 9.01. The van der Waals surface area contributed by atoms with E-state index in [1.54, 1.807) is 26.0 Å². The van der Waals surface area contributed by atoms with Crippen molar-refractivity contribution in [1.29, 1.82) is 0 Å². The number of unbranched alkanes of at least 4 members (excludes halogenated alkanes) is 5. The Bertz CT molecular complexity index is 460. The van der Waals surface area contributed by atoms with Crippen molar-refractivity contribution in [2.24, 2.45) is 0 Å². The van der Waals surface area contributed by atoms with Crippen LogP contribution in [0.3, 0.4) is 0 Å². The Hall–Kier alpha value is -1.78. The first kappa shape index (κ1) is 20.3. The summed E-state index contributed by atoms with van der Waals surface area (Å²) in [5.74, 6) is -0.883. The molecule has 0 atom stereocenters. The highest BCUT2D eigenvalue weighted by atomic mass is 16.6. The van der Waals surface area contributed by atoms with E-state index in [4.69, 9.17) is 13.9 Å². The first-order valence-corrected chi connectivity index (χ1v) is 9.01. The third-order valence-corrected chi connectivity index (χ3v) is 4.09. The molecule has 0 aliphatic heterocycles. The van der Waals surface area contributed by atoms with Crippen LogP contribution >= 0.6 is 0 Å². The highest BCUT2D eigenvalue weighted by Crippen LogP contribution is 2.34. The third-order valence-electron chi connectivity index (χ3n) is 4.09. The van der Waals surface area contributed by atoms with E-state index < -0.39 is 17.4 Å². The predicted octanol–water partition coefficient (Wildman–Crippen LogP) is 4.39. The SMILES string of the molecule is CCCCCCCCC(C(=O)OCC)(C(=O)OCC)c1ccco1. The van der Waals surface area contributed by atoms with E-state index in [1.807, 2.05) is 0 Å². The van der Waals surface area contributed by atoms with Crippen molar-refractivity contribution in [3.8, 4) is 0 Å². The van der Waals surface area contributed by atoms with Gasteiger partial charge >= 0.3 is 11.9 Å². The zero-order valence-electron chi connectivity index (χ0n) is 15.1. The molecule has 5 heteroatoms. The standard InChI is InChI=1S/C19H30O5/c1-4-7-8-9-10-11-14-19(17(20)22-5-2,18(21)23-6-3)16-13-12-15-24-16/h12-13,15H,4-11,14H2,1-3H3. The summed E-state index contributed by atoms with van der Waals surface area (Å²) in [7, 11) is 0. The predicted molar refractivity (Wildman–Crippen MR) is 91.6 cm³/mol. The summed E-state index contributed by atoms with van der Waals surface area (Å²) in [6.45, 7) is 6.03. The van der Waals surface area contributed by atoms with Crippen molar-refractivity contribution in [2.75, 3.05) is 13.2 Å². The van der Waals surface area contributed by atoms with Crippen LogP contribution in [0.5, 0.6) is 0 Å². The molecule has 136 valence electrons. The second-order valence-corrected chi connectivity index (χ2v) is 5.84. The van der Waals surface area contributed by atoms with Crippen molar-refractivity contribution in [1.82, 2.24) is 0 Å². The van der Waals surface area contributed by atoms with Crippen LogP contribution in [0.1, 0.15) is 71.5 Å².